The van der Waals surface area contributed by atoms with Gasteiger partial charge in [-0.1, -0.05) is 18.2 Å². The maximum atomic E-state index is 13.0. The van der Waals surface area contributed by atoms with Gasteiger partial charge in [-0.2, -0.15) is 13.2 Å². The summed E-state index contributed by atoms with van der Waals surface area (Å²) < 4.78 is 46.4. The number of benzene rings is 1. The van der Waals surface area contributed by atoms with Crippen LogP contribution >= 0.6 is 0 Å². The minimum atomic E-state index is -4.32. The van der Waals surface area contributed by atoms with Crippen LogP contribution in [0, 0.1) is 0 Å². The Morgan fingerprint density at radius 2 is 1.93 bits per heavy atom. The predicted molar refractivity (Wildman–Crippen MR) is 108 cm³/mol. The highest BCUT2D eigenvalue weighted by Gasteiger charge is 2.30. The van der Waals surface area contributed by atoms with Crippen LogP contribution in [0.2, 0.25) is 0 Å². The quantitative estimate of drug-likeness (QED) is 0.589. The molecule has 0 aliphatic carbocycles. The molecule has 1 aromatic carbocycles. The van der Waals surface area contributed by atoms with E-state index >= 15 is 0 Å². The van der Waals surface area contributed by atoms with Gasteiger partial charge in [0.2, 0.25) is 0 Å². The number of hydrogen-bond donors (Lipinski definition) is 0. The number of rotatable bonds is 9. The molecule has 0 atom stereocenters. The van der Waals surface area contributed by atoms with Gasteiger partial charge >= 0.3 is 6.18 Å². The number of morpholine rings is 1. The highest BCUT2D eigenvalue weighted by atomic mass is 19.4. The Labute approximate surface area is 170 Å². The lowest BCUT2D eigenvalue weighted by Gasteiger charge is -2.29. The fourth-order valence-corrected chi connectivity index (χ4v) is 3.54. The molecule has 2 heterocycles. The number of ether oxygens (including phenoxy) is 1. The topological polar surface area (TPSA) is 20.6 Å². The number of alkyl halides is 3. The minimum Gasteiger partial charge on any atom is -0.379 e. The minimum absolute atomic E-state index is 0.414. The van der Waals surface area contributed by atoms with Crippen molar-refractivity contribution in [2.24, 2.45) is 0 Å². The van der Waals surface area contributed by atoms with Crippen LogP contribution in [0.4, 0.5) is 13.2 Å². The summed E-state index contributed by atoms with van der Waals surface area (Å²) in [4.78, 5) is 4.70. The van der Waals surface area contributed by atoms with E-state index in [4.69, 9.17) is 4.74 Å². The van der Waals surface area contributed by atoms with Crippen LogP contribution < -0.4 is 0 Å². The van der Waals surface area contributed by atoms with Crippen molar-refractivity contribution in [3.63, 3.8) is 0 Å². The van der Waals surface area contributed by atoms with Crippen molar-refractivity contribution >= 4 is 0 Å². The van der Waals surface area contributed by atoms with Gasteiger partial charge < -0.3 is 9.30 Å². The van der Waals surface area contributed by atoms with Crippen LogP contribution in [0.3, 0.4) is 0 Å². The number of halogens is 3. The molecule has 158 valence electrons. The average Bonchev–Trinajstić information content (AvgIpc) is 3.13. The summed E-state index contributed by atoms with van der Waals surface area (Å²) in [6, 6.07) is 9.50. The summed E-state index contributed by atoms with van der Waals surface area (Å²) >= 11 is 0. The summed E-state index contributed by atoms with van der Waals surface area (Å²) in [7, 11) is 0. The largest absolute Gasteiger partial charge is 0.416 e. The van der Waals surface area contributed by atoms with Gasteiger partial charge in [0, 0.05) is 57.7 Å². The Morgan fingerprint density at radius 1 is 1.14 bits per heavy atom. The zero-order chi connectivity index (χ0) is 20.7. The van der Waals surface area contributed by atoms with Crippen molar-refractivity contribution in [2.45, 2.75) is 19.3 Å². The average molecular weight is 407 g/mol. The smallest absolute Gasteiger partial charge is 0.379 e. The first-order valence-corrected chi connectivity index (χ1v) is 9.89. The van der Waals surface area contributed by atoms with Crippen molar-refractivity contribution < 1.29 is 17.9 Å². The van der Waals surface area contributed by atoms with E-state index in [1.165, 1.54) is 12.1 Å². The normalized spacial score (nSPS) is 15.7. The SMILES string of the molecule is C=CCN(CCN1CCOCC1)Cc1cccn1Cc1cccc(C(F)(F)F)c1. The Hall–Kier alpha value is -2.09. The lowest BCUT2D eigenvalue weighted by atomic mass is 10.1. The second kappa shape index (κ2) is 10.1. The molecule has 1 fully saturated rings. The molecule has 1 aliphatic heterocycles. The van der Waals surface area contributed by atoms with Gasteiger partial charge in [0.15, 0.2) is 0 Å². The third-order valence-electron chi connectivity index (χ3n) is 5.14. The molecule has 0 N–H and O–H groups in total. The van der Waals surface area contributed by atoms with Gasteiger partial charge in [-0.05, 0) is 29.8 Å². The lowest BCUT2D eigenvalue weighted by molar-refractivity contribution is -0.137. The molecule has 1 aliphatic rings. The van der Waals surface area contributed by atoms with Crippen molar-refractivity contribution in [3.05, 3.63) is 72.1 Å². The van der Waals surface area contributed by atoms with E-state index < -0.39 is 11.7 Å². The summed E-state index contributed by atoms with van der Waals surface area (Å²) in [6.07, 6.45) is -0.515. The molecule has 3 rings (SSSR count). The molecule has 2 aromatic rings. The maximum Gasteiger partial charge on any atom is 0.416 e. The molecule has 0 bridgehead atoms. The maximum absolute atomic E-state index is 13.0. The van der Waals surface area contributed by atoms with Gasteiger partial charge in [-0.15, -0.1) is 6.58 Å². The molecule has 0 unspecified atom stereocenters. The van der Waals surface area contributed by atoms with E-state index in [0.717, 1.165) is 64.2 Å². The fraction of sp³-hybridized carbons (Fsp3) is 0.455. The highest BCUT2D eigenvalue weighted by molar-refractivity contribution is 5.26. The molecule has 0 saturated carbocycles. The Bertz CT molecular complexity index is 782. The first-order valence-electron chi connectivity index (χ1n) is 9.89. The van der Waals surface area contributed by atoms with Crippen molar-refractivity contribution in [3.8, 4) is 0 Å². The second-order valence-corrected chi connectivity index (χ2v) is 7.30. The Morgan fingerprint density at radius 3 is 2.66 bits per heavy atom. The van der Waals surface area contributed by atoms with Crippen LogP contribution in [0.15, 0.2) is 55.3 Å². The zero-order valence-corrected chi connectivity index (χ0v) is 16.6. The first-order chi connectivity index (χ1) is 14.0. The fourth-order valence-electron chi connectivity index (χ4n) is 3.54. The Balaban J connectivity index is 1.64. The van der Waals surface area contributed by atoms with Gasteiger partial charge in [-0.3, -0.25) is 9.80 Å². The van der Waals surface area contributed by atoms with Crippen molar-refractivity contribution in [2.75, 3.05) is 45.9 Å². The molecule has 4 nitrogen and oxygen atoms in total. The van der Waals surface area contributed by atoms with Crippen molar-refractivity contribution in [1.82, 2.24) is 14.4 Å². The number of nitrogens with zero attached hydrogens (tertiary/aromatic N) is 3. The third-order valence-corrected chi connectivity index (χ3v) is 5.14. The standard InChI is InChI=1S/C22H28F3N3O/c1-2-8-27(11-10-26-12-14-29-15-13-26)18-21-7-4-9-28(21)17-19-5-3-6-20(16-19)22(23,24)25/h2-7,9,16H,1,8,10-15,17-18H2. The summed E-state index contributed by atoms with van der Waals surface area (Å²) in [5, 5.41) is 0. The Kier molecular flexibility index (Phi) is 7.52. The van der Waals surface area contributed by atoms with Gasteiger partial charge in [0.05, 0.1) is 18.8 Å². The van der Waals surface area contributed by atoms with E-state index in [1.54, 1.807) is 6.07 Å². The molecule has 1 saturated heterocycles. The molecule has 0 spiro atoms. The molecule has 7 heteroatoms. The predicted octanol–water partition coefficient (Wildman–Crippen LogP) is 3.88. The highest BCUT2D eigenvalue weighted by Crippen LogP contribution is 2.29. The van der Waals surface area contributed by atoms with E-state index in [9.17, 15) is 13.2 Å². The molecule has 0 radical (unpaired) electrons. The second-order valence-electron chi connectivity index (χ2n) is 7.30. The lowest BCUT2D eigenvalue weighted by Crippen LogP contribution is -2.41. The van der Waals surface area contributed by atoms with E-state index in [0.29, 0.717) is 12.1 Å². The van der Waals surface area contributed by atoms with E-state index in [2.05, 4.69) is 16.4 Å². The third kappa shape index (κ3) is 6.45. The van der Waals surface area contributed by atoms with Crippen LogP contribution in [-0.2, 0) is 24.0 Å². The molecule has 1 aromatic heterocycles. The molecular formula is C22H28F3N3O. The molecular weight excluding hydrogens is 379 g/mol. The van der Waals surface area contributed by atoms with Gasteiger partial charge in [0.25, 0.3) is 0 Å². The first kappa shape index (κ1) is 21.6. The molecule has 0 amide bonds. The number of aromatic nitrogens is 1. The van der Waals surface area contributed by atoms with Crippen molar-refractivity contribution in [1.29, 1.82) is 0 Å². The van der Waals surface area contributed by atoms with E-state index in [1.807, 2.05) is 29.0 Å². The van der Waals surface area contributed by atoms with Gasteiger partial charge in [0.1, 0.15) is 0 Å². The summed E-state index contributed by atoms with van der Waals surface area (Å²) in [5.74, 6) is 0. The summed E-state index contributed by atoms with van der Waals surface area (Å²) in [5.41, 5.74) is 1.11. The zero-order valence-electron chi connectivity index (χ0n) is 16.6. The van der Waals surface area contributed by atoms with Crippen LogP contribution in [0.25, 0.3) is 0 Å². The van der Waals surface area contributed by atoms with Crippen LogP contribution in [-0.4, -0.2) is 60.3 Å². The summed E-state index contributed by atoms with van der Waals surface area (Å²) in [6.45, 7) is 11.1. The number of hydrogen-bond acceptors (Lipinski definition) is 3. The van der Waals surface area contributed by atoms with Gasteiger partial charge in [-0.25, -0.2) is 0 Å². The monoisotopic (exact) mass is 407 g/mol. The molecule has 29 heavy (non-hydrogen) atoms. The van der Waals surface area contributed by atoms with Crippen LogP contribution in [0.5, 0.6) is 0 Å². The van der Waals surface area contributed by atoms with E-state index in [-0.39, 0.29) is 0 Å². The van der Waals surface area contributed by atoms with Crippen LogP contribution in [0.1, 0.15) is 16.8 Å².